The standard InChI is InChI=1S/C2H6O2.CH2N2/c3-1-2-4;2-1-3/h3-4H,1-2H2;2H2. The van der Waals surface area contributed by atoms with Crippen LogP contribution in [-0.4, -0.2) is 23.4 Å². The lowest BCUT2D eigenvalue weighted by atomic mass is 10.8. The maximum Gasteiger partial charge on any atom is 0.173 e. The molecule has 0 aromatic heterocycles. The van der Waals surface area contributed by atoms with E-state index in [-0.39, 0.29) is 13.2 Å². The highest BCUT2D eigenvalue weighted by Gasteiger charge is 1.58. The highest BCUT2D eigenvalue weighted by molar-refractivity contribution is 4.46. The fourth-order valence-corrected chi connectivity index (χ4v) is 0. The summed E-state index contributed by atoms with van der Waals surface area (Å²) in [6.07, 6.45) is 1.25. The summed E-state index contributed by atoms with van der Waals surface area (Å²) in [7, 11) is 0. The number of aliphatic hydroxyl groups is 2. The monoisotopic (exact) mass is 104 g/mol. The molecule has 0 amide bonds. The minimum atomic E-state index is -0.125. The van der Waals surface area contributed by atoms with Crippen LogP contribution >= 0.6 is 0 Å². The molecule has 0 aromatic carbocycles. The van der Waals surface area contributed by atoms with Crippen molar-refractivity contribution in [3.63, 3.8) is 0 Å². The third-order valence-electron chi connectivity index (χ3n) is 0.1000. The van der Waals surface area contributed by atoms with Crippen LogP contribution in [0.5, 0.6) is 0 Å². The smallest absolute Gasteiger partial charge is 0.173 e. The molecule has 0 spiro atoms. The van der Waals surface area contributed by atoms with Gasteiger partial charge in [-0.2, -0.15) is 5.26 Å². The fourth-order valence-electron chi connectivity index (χ4n) is 0. The van der Waals surface area contributed by atoms with Gasteiger partial charge in [-0.1, -0.05) is 0 Å². The molecule has 4 nitrogen and oxygen atoms in total. The Morgan fingerprint density at radius 1 is 1.43 bits per heavy atom. The number of nitriles is 1. The Morgan fingerprint density at radius 3 is 1.57 bits per heavy atom. The molecule has 0 aliphatic rings. The van der Waals surface area contributed by atoms with Gasteiger partial charge in [-0.05, 0) is 0 Å². The average Bonchev–Trinajstić information content (AvgIpc) is 1.69. The minimum absolute atomic E-state index is 0.125. The lowest BCUT2D eigenvalue weighted by Crippen LogP contribution is -1.85. The Balaban J connectivity index is 0. The number of aliphatic hydroxyl groups excluding tert-OH is 2. The second-order valence-corrected chi connectivity index (χ2v) is 0.576. The third kappa shape index (κ3) is 1220. The molecule has 0 radical (unpaired) electrons. The van der Waals surface area contributed by atoms with Gasteiger partial charge in [-0.3, -0.25) is 0 Å². The Kier molecular flexibility index (Phi) is 25.7. The molecule has 0 aliphatic carbocycles. The van der Waals surface area contributed by atoms with E-state index in [1.807, 2.05) is 0 Å². The maximum absolute atomic E-state index is 7.62. The molecule has 0 atom stereocenters. The van der Waals surface area contributed by atoms with Gasteiger partial charge in [0.15, 0.2) is 6.19 Å². The van der Waals surface area contributed by atoms with Crippen LogP contribution < -0.4 is 5.73 Å². The molecule has 0 aromatic rings. The Morgan fingerprint density at radius 2 is 1.57 bits per heavy atom. The molecular weight excluding hydrogens is 96.0 g/mol. The summed E-state index contributed by atoms with van der Waals surface area (Å²) in [6, 6.07) is 0. The molecule has 0 aliphatic heterocycles. The first-order valence-corrected chi connectivity index (χ1v) is 1.64. The molecule has 0 saturated heterocycles. The molecule has 0 fully saturated rings. The van der Waals surface area contributed by atoms with E-state index in [1.165, 1.54) is 6.19 Å². The predicted octanol–water partition coefficient (Wildman–Crippen LogP) is -1.60. The number of rotatable bonds is 1. The Labute approximate surface area is 41.8 Å². The topological polar surface area (TPSA) is 90.3 Å². The van der Waals surface area contributed by atoms with Gasteiger partial charge in [0.25, 0.3) is 0 Å². The van der Waals surface area contributed by atoms with Gasteiger partial charge < -0.3 is 15.9 Å². The molecule has 0 bridgehead atoms. The van der Waals surface area contributed by atoms with Crippen LogP contribution in [0.4, 0.5) is 0 Å². The van der Waals surface area contributed by atoms with E-state index in [0.29, 0.717) is 0 Å². The van der Waals surface area contributed by atoms with E-state index >= 15 is 0 Å². The van der Waals surface area contributed by atoms with E-state index in [1.54, 1.807) is 0 Å². The van der Waals surface area contributed by atoms with Gasteiger partial charge in [0.2, 0.25) is 0 Å². The molecule has 42 valence electrons. The SMILES string of the molecule is N#CN.OCCO. The summed E-state index contributed by atoms with van der Waals surface area (Å²) in [5.74, 6) is 0. The quantitative estimate of drug-likeness (QED) is 0.276. The van der Waals surface area contributed by atoms with Gasteiger partial charge in [-0.25, -0.2) is 0 Å². The molecule has 0 heterocycles. The summed E-state index contributed by atoms with van der Waals surface area (Å²) >= 11 is 0. The van der Waals surface area contributed by atoms with Crippen LogP contribution in [0.3, 0.4) is 0 Å². The van der Waals surface area contributed by atoms with E-state index in [2.05, 4.69) is 5.73 Å². The molecule has 7 heavy (non-hydrogen) atoms. The van der Waals surface area contributed by atoms with Crippen LogP contribution in [0.1, 0.15) is 0 Å². The van der Waals surface area contributed by atoms with Gasteiger partial charge in [0.1, 0.15) is 0 Å². The second-order valence-electron chi connectivity index (χ2n) is 0.576. The largest absolute Gasteiger partial charge is 0.394 e. The van der Waals surface area contributed by atoms with Crippen LogP contribution in [0.15, 0.2) is 0 Å². The van der Waals surface area contributed by atoms with Crippen molar-refractivity contribution in [1.29, 1.82) is 5.26 Å². The molecule has 4 heteroatoms. The van der Waals surface area contributed by atoms with Gasteiger partial charge in [0.05, 0.1) is 13.2 Å². The van der Waals surface area contributed by atoms with Crippen molar-refractivity contribution in [3.05, 3.63) is 0 Å². The first kappa shape index (κ1) is 9.51. The van der Waals surface area contributed by atoms with E-state index in [9.17, 15) is 0 Å². The van der Waals surface area contributed by atoms with Crippen molar-refractivity contribution < 1.29 is 10.2 Å². The highest BCUT2D eigenvalue weighted by atomic mass is 16.3. The second kappa shape index (κ2) is 18.9. The Hall–Kier alpha value is -0.790. The number of nitrogens with zero attached hydrogens (tertiary/aromatic N) is 1. The van der Waals surface area contributed by atoms with Crippen LogP contribution in [-0.2, 0) is 0 Å². The zero-order valence-electron chi connectivity index (χ0n) is 3.83. The van der Waals surface area contributed by atoms with E-state index in [0.717, 1.165) is 0 Å². The minimum Gasteiger partial charge on any atom is -0.394 e. The summed E-state index contributed by atoms with van der Waals surface area (Å²) < 4.78 is 0. The highest BCUT2D eigenvalue weighted by Crippen LogP contribution is 1.39. The van der Waals surface area contributed by atoms with Crippen molar-refractivity contribution in [2.24, 2.45) is 5.73 Å². The summed E-state index contributed by atoms with van der Waals surface area (Å²) in [4.78, 5) is 0. The van der Waals surface area contributed by atoms with Crippen molar-refractivity contribution >= 4 is 0 Å². The summed E-state index contributed by atoms with van der Waals surface area (Å²) in [5, 5.41) is 22.3. The molecule has 0 saturated carbocycles. The fraction of sp³-hybridized carbons (Fsp3) is 0.667. The normalized spacial score (nSPS) is 5.29. The zero-order valence-corrected chi connectivity index (χ0v) is 3.83. The lowest BCUT2D eigenvalue weighted by Gasteiger charge is -1.70. The van der Waals surface area contributed by atoms with Crippen LogP contribution in [0, 0.1) is 11.5 Å². The number of hydrogen-bond acceptors (Lipinski definition) is 4. The molecule has 4 N–H and O–H groups in total. The number of nitrogens with two attached hydrogens (primary N) is 1. The summed E-state index contributed by atoms with van der Waals surface area (Å²) in [6.45, 7) is -0.250. The van der Waals surface area contributed by atoms with Crippen molar-refractivity contribution in [2.75, 3.05) is 13.2 Å². The van der Waals surface area contributed by atoms with E-state index in [4.69, 9.17) is 15.5 Å². The van der Waals surface area contributed by atoms with Gasteiger partial charge >= 0.3 is 0 Å². The van der Waals surface area contributed by atoms with Gasteiger partial charge in [-0.15, -0.1) is 0 Å². The van der Waals surface area contributed by atoms with Crippen LogP contribution in [0.25, 0.3) is 0 Å². The first-order chi connectivity index (χ1) is 3.33. The number of hydrogen-bond donors (Lipinski definition) is 3. The Bertz CT molecular complexity index is 47.4. The van der Waals surface area contributed by atoms with Crippen LogP contribution in [0.2, 0.25) is 0 Å². The average molecular weight is 104 g/mol. The van der Waals surface area contributed by atoms with Crippen molar-refractivity contribution in [1.82, 2.24) is 0 Å². The van der Waals surface area contributed by atoms with Crippen molar-refractivity contribution in [2.45, 2.75) is 0 Å². The molecular formula is C3H8N2O2. The predicted molar refractivity (Wildman–Crippen MR) is 24.0 cm³/mol. The molecule has 0 unspecified atom stereocenters. The van der Waals surface area contributed by atoms with Crippen molar-refractivity contribution in [3.8, 4) is 6.19 Å². The first-order valence-electron chi connectivity index (χ1n) is 1.64. The summed E-state index contributed by atoms with van der Waals surface area (Å²) in [5.41, 5.74) is 4.15. The molecule has 0 rings (SSSR count). The third-order valence-corrected chi connectivity index (χ3v) is 0.1000. The maximum atomic E-state index is 7.62. The zero-order chi connectivity index (χ0) is 6.12. The lowest BCUT2D eigenvalue weighted by molar-refractivity contribution is 0.186. The van der Waals surface area contributed by atoms with Gasteiger partial charge in [0, 0.05) is 0 Å². The van der Waals surface area contributed by atoms with E-state index < -0.39 is 0 Å².